The standard InChI is InChI=1S/C5H9NO.C2H6/c1-4-7-6-5(2)3;1-2/h4H,1H2,2-3H3;1-2H3. The van der Waals surface area contributed by atoms with Gasteiger partial charge in [0, 0.05) is 0 Å². The van der Waals surface area contributed by atoms with E-state index >= 15 is 0 Å². The Balaban J connectivity index is 0. The highest BCUT2D eigenvalue weighted by Gasteiger charge is 1.70. The minimum absolute atomic E-state index is 0.889. The van der Waals surface area contributed by atoms with Gasteiger partial charge in [-0.25, -0.2) is 0 Å². The molecule has 0 aromatic rings. The molecule has 0 saturated carbocycles. The van der Waals surface area contributed by atoms with Crippen molar-refractivity contribution in [1.82, 2.24) is 0 Å². The summed E-state index contributed by atoms with van der Waals surface area (Å²) in [4.78, 5) is 4.45. The summed E-state index contributed by atoms with van der Waals surface area (Å²) in [5.41, 5.74) is 0.889. The Morgan fingerprint density at radius 2 is 1.89 bits per heavy atom. The van der Waals surface area contributed by atoms with Crippen molar-refractivity contribution in [3.05, 3.63) is 12.8 Å². The van der Waals surface area contributed by atoms with E-state index in [4.69, 9.17) is 0 Å². The lowest BCUT2D eigenvalue weighted by molar-refractivity contribution is 0.269. The van der Waals surface area contributed by atoms with Crippen molar-refractivity contribution in [2.75, 3.05) is 0 Å². The summed E-state index contributed by atoms with van der Waals surface area (Å²) in [7, 11) is 0. The monoisotopic (exact) mass is 129 g/mol. The van der Waals surface area contributed by atoms with Gasteiger partial charge in [-0.1, -0.05) is 25.6 Å². The van der Waals surface area contributed by atoms with E-state index in [2.05, 4.69) is 16.6 Å². The van der Waals surface area contributed by atoms with Crippen LogP contribution in [0, 0.1) is 0 Å². The summed E-state index contributed by atoms with van der Waals surface area (Å²) >= 11 is 0. The van der Waals surface area contributed by atoms with Crippen molar-refractivity contribution >= 4 is 5.71 Å². The fraction of sp³-hybridized carbons (Fsp3) is 0.571. The third kappa shape index (κ3) is 19.0. The van der Waals surface area contributed by atoms with E-state index in [9.17, 15) is 0 Å². The molecular formula is C7H15NO. The van der Waals surface area contributed by atoms with Crippen molar-refractivity contribution in [1.29, 1.82) is 0 Å². The molecule has 0 spiro atoms. The molecule has 54 valence electrons. The van der Waals surface area contributed by atoms with Gasteiger partial charge in [0.05, 0.1) is 5.71 Å². The van der Waals surface area contributed by atoms with E-state index in [-0.39, 0.29) is 0 Å². The minimum atomic E-state index is 0.889. The van der Waals surface area contributed by atoms with Gasteiger partial charge in [0.1, 0.15) is 6.26 Å². The molecule has 2 nitrogen and oxygen atoms in total. The van der Waals surface area contributed by atoms with Crippen LogP contribution in [0.3, 0.4) is 0 Å². The summed E-state index contributed by atoms with van der Waals surface area (Å²) in [5.74, 6) is 0. The number of nitrogens with zero attached hydrogens (tertiary/aromatic N) is 1. The molecule has 2 heteroatoms. The van der Waals surface area contributed by atoms with Gasteiger partial charge in [-0.3, -0.25) is 0 Å². The molecule has 0 amide bonds. The molecule has 0 aliphatic heterocycles. The molecule has 0 aliphatic carbocycles. The first-order valence-corrected chi connectivity index (χ1v) is 3.05. The van der Waals surface area contributed by atoms with Gasteiger partial charge < -0.3 is 4.84 Å². The fourth-order valence-corrected chi connectivity index (χ4v) is 0.143. The number of oxime groups is 1. The topological polar surface area (TPSA) is 21.6 Å². The zero-order valence-electron chi connectivity index (χ0n) is 6.64. The van der Waals surface area contributed by atoms with Crippen molar-refractivity contribution in [2.45, 2.75) is 27.7 Å². The van der Waals surface area contributed by atoms with Gasteiger partial charge in [0.2, 0.25) is 0 Å². The lowest BCUT2D eigenvalue weighted by atomic mass is 10.5. The Morgan fingerprint density at radius 3 is 2.00 bits per heavy atom. The molecule has 9 heavy (non-hydrogen) atoms. The molecular weight excluding hydrogens is 114 g/mol. The smallest absolute Gasteiger partial charge is 0.114 e. The summed E-state index contributed by atoms with van der Waals surface area (Å²) in [5, 5.41) is 3.54. The molecule has 0 atom stereocenters. The largest absolute Gasteiger partial charge is 0.366 e. The molecule has 0 aliphatic rings. The van der Waals surface area contributed by atoms with Crippen LogP contribution in [0.4, 0.5) is 0 Å². The van der Waals surface area contributed by atoms with Crippen LogP contribution in [-0.4, -0.2) is 5.71 Å². The molecule has 0 heterocycles. The lowest BCUT2D eigenvalue weighted by Crippen LogP contribution is -1.78. The quantitative estimate of drug-likeness (QED) is 0.319. The summed E-state index contributed by atoms with van der Waals surface area (Å²) in [6.07, 6.45) is 1.28. The Hall–Kier alpha value is -0.790. The van der Waals surface area contributed by atoms with E-state index in [1.165, 1.54) is 6.26 Å². The normalized spacial score (nSPS) is 6.22. The predicted molar refractivity (Wildman–Crippen MR) is 41.4 cm³/mol. The van der Waals surface area contributed by atoms with Gasteiger partial charge >= 0.3 is 0 Å². The Labute approximate surface area is 57.2 Å². The molecule has 0 radical (unpaired) electrons. The van der Waals surface area contributed by atoms with Gasteiger partial charge in [0.25, 0.3) is 0 Å². The molecule has 0 aromatic heterocycles. The van der Waals surface area contributed by atoms with Crippen LogP contribution in [0.1, 0.15) is 27.7 Å². The average Bonchev–Trinajstić information content (AvgIpc) is 1.88. The predicted octanol–water partition coefficient (Wildman–Crippen LogP) is 2.57. The maximum atomic E-state index is 4.45. The van der Waals surface area contributed by atoms with Crippen molar-refractivity contribution in [2.24, 2.45) is 5.16 Å². The van der Waals surface area contributed by atoms with Crippen molar-refractivity contribution in [3.63, 3.8) is 0 Å². The zero-order chi connectivity index (χ0) is 7.70. The molecule has 0 rings (SSSR count). The zero-order valence-corrected chi connectivity index (χ0v) is 6.64. The SMILES string of the molecule is C=CON=C(C)C.CC. The van der Waals surface area contributed by atoms with E-state index in [1.54, 1.807) is 0 Å². The highest BCUT2D eigenvalue weighted by atomic mass is 16.6. The maximum absolute atomic E-state index is 4.45. The van der Waals surface area contributed by atoms with Gasteiger partial charge in [-0.15, -0.1) is 0 Å². The maximum Gasteiger partial charge on any atom is 0.114 e. The van der Waals surface area contributed by atoms with Gasteiger partial charge in [-0.2, -0.15) is 0 Å². The van der Waals surface area contributed by atoms with Crippen molar-refractivity contribution in [3.8, 4) is 0 Å². The first-order valence-electron chi connectivity index (χ1n) is 3.05. The van der Waals surface area contributed by atoms with E-state index in [0.717, 1.165) is 5.71 Å². The molecule has 0 aromatic carbocycles. The van der Waals surface area contributed by atoms with E-state index in [0.29, 0.717) is 0 Å². The second-order valence-electron chi connectivity index (χ2n) is 1.31. The minimum Gasteiger partial charge on any atom is -0.366 e. The average molecular weight is 129 g/mol. The van der Waals surface area contributed by atoms with Crippen LogP contribution in [0.15, 0.2) is 18.0 Å². The Kier molecular flexibility index (Phi) is 12.6. The summed E-state index contributed by atoms with van der Waals surface area (Å²) in [6, 6.07) is 0. The Morgan fingerprint density at radius 1 is 1.44 bits per heavy atom. The van der Waals surface area contributed by atoms with Gasteiger partial charge in [0.15, 0.2) is 0 Å². The molecule has 0 unspecified atom stereocenters. The van der Waals surface area contributed by atoms with Gasteiger partial charge in [-0.05, 0) is 13.8 Å². The lowest BCUT2D eigenvalue weighted by Gasteiger charge is -1.84. The van der Waals surface area contributed by atoms with Crippen molar-refractivity contribution < 1.29 is 4.84 Å². The third-order valence-electron chi connectivity index (χ3n) is 0.310. The number of hydrogen-bond donors (Lipinski definition) is 0. The van der Waals surface area contributed by atoms with E-state index in [1.807, 2.05) is 27.7 Å². The summed E-state index contributed by atoms with van der Waals surface area (Å²) in [6.45, 7) is 11.0. The van der Waals surface area contributed by atoms with Crippen LogP contribution in [0.25, 0.3) is 0 Å². The van der Waals surface area contributed by atoms with Crippen LogP contribution in [0.5, 0.6) is 0 Å². The number of rotatable bonds is 2. The van der Waals surface area contributed by atoms with Crippen LogP contribution < -0.4 is 0 Å². The first-order chi connectivity index (χ1) is 4.27. The van der Waals surface area contributed by atoms with Crippen LogP contribution in [-0.2, 0) is 4.84 Å². The highest BCUT2D eigenvalue weighted by Crippen LogP contribution is 1.76. The summed E-state index contributed by atoms with van der Waals surface area (Å²) < 4.78 is 0. The first kappa shape index (κ1) is 11.1. The Bertz CT molecular complexity index is 82.9. The molecule has 0 N–H and O–H groups in total. The van der Waals surface area contributed by atoms with E-state index < -0.39 is 0 Å². The second kappa shape index (κ2) is 10.2. The number of hydrogen-bond acceptors (Lipinski definition) is 2. The molecule has 0 fully saturated rings. The molecule has 0 bridgehead atoms. The van der Waals surface area contributed by atoms with Crippen LogP contribution in [0.2, 0.25) is 0 Å². The van der Waals surface area contributed by atoms with Crippen LogP contribution >= 0.6 is 0 Å². The third-order valence-corrected chi connectivity index (χ3v) is 0.310. The highest BCUT2D eigenvalue weighted by molar-refractivity contribution is 5.78. The second-order valence-corrected chi connectivity index (χ2v) is 1.31. The fourth-order valence-electron chi connectivity index (χ4n) is 0.143. The molecule has 0 saturated heterocycles.